The van der Waals surface area contributed by atoms with Gasteiger partial charge in [-0.2, -0.15) is 0 Å². The Morgan fingerprint density at radius 3 is 2.57 bits per heavy atom. The molecule has 128 valence electrons. The zero-order chi connectivity index (χ0) is 16.7. The summed E-state index contributed by atoms with van der Waals surface area (Å²) in [5, 5.41) is 0. The van der Waals surface area contributed by atoms with Crippen LogP contribution in [0.4, 0.5) is 0 Å². The van der Waals surface area contributed by atoms with E-state index in [2.05, 4.69) is 18.7 Å². The van der Waals surface area contributed by atoms with Gasteiger partial charge in [-0.15, -0.1) is 0 Å². The molecule has 1 aliphatic rings. The summed E-state index contributed by atoms with van der Waals surface area (Å²) in [6, 6.07) is 7.75. The van der Waals surface area contributed by atoms with Crippen LogP contribution < -0.4 is 10.5 Å². The number of hydrogen-bond acceptors (Lipinski definition) is 4. The SMILES string of the molecule is CCN(CC)CCOc1ccccc1C(=O)N1CCC(N)CC1. The molecule has 1 amide bonds. The van der Waals surface area contributed by atoms with Gasteiger partial charge in [-0.1, -0.05) is 26.0 Å². The van der Waals surface area contributed by atoms with E-state index in [1.54, 1.807) is 0 Å². The number of piperidine rings is 1. The number of rotatable bonds is 7. The van der Waals surface area contributed by atoms with Gasteiger partial charge in [0, 0.05) is 25.7 Å². The molecule has 2 rings (SSSR count). The third-order valence-corrected chi connectivity index (χ3v) is 4.50. The van der Waals surface area contributed by atoms with Crippen LogP contribution in [0.25, 0.3) is 0 Å². The molecule has 1 saturated heterocycles. The summed E-state index contributed by atoms with van der Waals surface area (Å²) in [5.41, 5.74) is 6.57. The molecule has 23 heavy (non-hydrogen) atoms. The van der Waals surface area contributed by atoms with Crippen LogP contribution in [0.5, 0.6) is 5.75 Å². The average Bonchev–Trinajstić information content (AvgIpc) is 2.59. The quantitative estimate of drug-likeness (QED) is 0.835. The van der Waals surface area contributed by atoms with E-state index in [4.69, 9.17) is 10.5 Å². The van der Waals surface area contributed by atoms with Crippen molar-refractivity contribution in [1.82, 2.24) is 9.80 Å². The standard InChI is InChI=1S/C18H29N3O2/c1-3-20(4-2)13-14-23-17-8-6-5-7-16(17)18(22)21-11-9-15(19)10-12-21/h5-8,15H,3-4,9-14,19H2,1-2H3. The van der Waals surface area contributed by atoms with Crippen molar-refractivity contribution >= 4 is 5.91 Å². The van der Waals surface area contributed by atoms with E-state index in [0.29, 0.717) is 17.9 Å². The van der Waals surface area contributed by atoms with Gasteiger partial charge in [-0.25, -0.2) is 0 Å². The molecule has 5 nitrogen and oxygen atoms in total. The van der Waals surface area contributed by atoms with Gasteiger partial charge in [-0.05, 0) is 38.1 Å². The Morgan fingerprint density at radius 1 is 1.26 bits per heavy atom. The lowest BCUT2D eigenvalue weighted by molar-refractivity contribution is 0.0709. The zero-order valence-corrected chi connectivity index (χ0v) is 14.3. The fourth-order valence-electron chi connectivity index (χ4n) is 2.87. The molecule has 0 atom stereocenters. The minimum atomic E-state index is 0.0512. The normalized spacial score (nSPS) is 15.9. The van der Waals surface area contributed by atoms with Gasteiger partial charge in [0.1, 0.15) is 12.4 Å². The summed E-state index contributed by atoms with van der Waals surface area (Å²) < 4.78 is 5.89. The largest absolute Gasteiger partial charge is 0.491 e. The lowest BCUT2D eigenvalue weighted by Gasteiger charge is -2.30. The van der Waals surface area contributed by atoms with Gasteiger partial charge in [0.2, 0.25) is 0 Å². The Labute approximate surface area is 139 Å². The molecular weight excluding hydrogens is 290 g/mol. The predicted molar refractivity (Wildman–Crippen MR) is 92.8 cm³/mol. The van der Waals surface area contributed by atoms with Crippen LogP contribution in [0.15, 0.2) is 24.3 Å². The minimum absolute atomic E-state index is 0.0512. The number of benzene rings is 1. The smallest absolute Gasteiger partial charge is 0.257 e. The molecule has 2 N–H and O–H groups in total. The van der Waals surface area contributed by atoms with Crippen molar-refractivity contribution in [2.24, 2.45) is 5.73 Å². The Kier molecular flexibility index (Phi) is 6.86. The van der Waals surface area contributed by atoms with Crippen molar-refractivity contribution < 1.29 is 9.53 Å². The molecule has 5 heteroatoms. The molecule has 1 aliphatic heterocycles. The summed E-state index contributed by atoms with van der Waals surface area (Å²) in [4.78, 5) is 16.9. The summed E-state index contributed by atoms with van der Waals surface area (Å²) in [7, 11) is 0. The van der Waals surface area contributed by atoms with E-state index in [-0.39, 0.29) is 11.9 Å². The van der Waals surface area contributed by atoms with E-state index < -0.39 is 0 Å². The van der Waals surface area contributed by atoms with Gasteiger partial charge >= 0.3 is 0 Å². The number of likely N-dealkylation sites (N-methyl/N-ethyl adjacent to an activating group) is 1. The highest BCUT2D eigenvalue weighted by Crippen LogP contribution is 2.21. The second-order valence-electron chi connectivity index (χ2n) is 6.00. The van der Waals surface area contributed by atoms with E-state index >= 15 is 0 Å². The van der Waals surface area contributed by atoms with Gasteiger partial charge in [0.05, 0.1) is 5.56 Å². The Hall–Kier alpha value is -1.59. The summed E-state index contributed by atoms with van der Waals surface area (Å²) >= 11 is 0. The lowest BCUT2D eigenvalue weighted by atomic mass is 10.0. The van der Waals surface area contributed by atoms with Gasteiger partial charge < -0.3 is 20.3 Å². The van der Waals surface area contributed by atoms with Crippen molar-refractivity contribution in [1.29, 1.82) is 0 Å². The first-order valence-electron chi connectivity index (χ1n) is 8.64. The number of carbonyl (C=O) groups is 1. The maximum Gasteiger partial charge on any atom is 0.257 e. The van der Waals surface area contributed by atoms with Crippen LogP contribution in [-0.2, 0) is 0 Å². The molecule has 1 aromatic carbocycles. The molecule has 0 bridgehead atoms. The summed E-state index contributed by atoms with van der Waals surface area (Å²) in [5.74, 6) is 0.731. The molecular formula is C18H29N3O2. The summed E-state index contributed by atoms with van der Waals surface area (Å²) in [6.07, 6.45) is 1.74. The molecule has 0 aliphatic carbocycles. The molecule has 1 heterocycles. The highest BCUT2D eigenvalue weighted by molar-refractivity contribution is 5.97. The zero-order valence-electron chi connectivity index (χ0n) is 14.3. The molecule has 0 spiro atoms. The van der Waals surface area contributed by atoms with Gasteiger partial charge in [0.25, 0.3) is 5.91 Å². The third-order valence-electron chi connectivity index (χ3n) is 4.50. The van der Waals surface area contributed by atoms with Crippen LogP contribution in [0.1, 0.15) is 37.0 Å². The number of nitrogens with two attached hydrogens (primary N) is 1. The van der Waals surface area contributed by atoms with Crippen LogP contribution in [-0.4, -0.2) is 61.1 Å². The van der Waals surface area contributed by atoms with Crippen molar-refractivity contribution in [3.8, 4) is 5.75 Å². The highest BCUT2D eigenvalue weighted by atomic mass is 16.5. The topological polar surface area (TPSA) is 58.8 Å². The predicted octanol–water partition coefficient (Wildman–Crippen LogP) is 1.97. The van der Waals surface area contributed by atoms with Gasteiger partial charge in [-0.3, -0.25) is 4.79 Å². The molecule has 0 radical (unpaired) electrons. The van der Waals surface area contributed by atoms with Crippen LogP contribution >= 0.6 is 0 Å². The van der Waals surface area contributed by atoms with E-state index in [0.717, 1.165) is 45.6 Å². The maximum absolute atomic E-state index is 12.7. The van der Waals surface area contributed by atoms with Crippen molar-refractivity contribution in [2.45, 2.75) is 32.7 Å². The van der Waals surface area contributed by atoms with Crippen molar-refractivity contribution in [3.63, 3.8) is 0 Å². The number of carbonyl (C=O) groups excluding carboxylic acids is 1. The fraction of sp³-hybridized carbons (Fsp3) is 0.611. The number of likely N-dealkylation sites (tertiary alicyclic amines) is 1. The number of hydrogen-bond donors (Lipinski definition) is 1. The van der Waals surface area contributed by atoms with E-state index in [1.807, 2.05) is 29.2 Å². The molecule has 0 saturated carbocycles. The van der Waals surface area contributed by atoms with Crippen molar-refractivity contribution in [3.05, 3.63) is 29.8 Å². The number of ether oxygens (including phenoxy) is 1. The number of amides is 1. The monoisotopic (exact) mass is 319 g/mol. The van der Waals surface area contributed by atoms with E-state index in [1.165, 1.54) is 0 Å². The Balaban J connectivity index is 1.98. The lowest BCUT2D eigenvalue weighted by Crippen LogP contribution is -2.43. The first-order valence-corrected chi connectivity index (χ1v) is 8.64. The Morgan fingerprint density at radius 2 is 1.91 bits per heavy atom. The summed E-state index contributed by atoms with van der Waals surface area (Å²) in [6.45, 7) is 9.22. The van der Waals surface area contributed by atoms with Crippen LogP contribution in [0, 0.1) is 0 Å². The first-order chi connectivity index (χ1) is 11.2. The Bertz CT molecular complexity index is 495. The van der Waals surface area contributed by atoms with Crippen LogP contribution in [0.2, 0.25) is 0 Å². The molecule has 1 fully saturated rings. The number of para-hydroxylation sites is 1. The second kappa shape index (κ2) is 8.89. The molecule has 0 unspecified atom stereocenters. The number of nitrogens with zero attached hydrogens (tertiary/aromatic N) is 2. The maximum atomic E-state index is 12.7. The third kappa shape index (κ3) is 4.94. The average molecular weight is 319 g/mol. The fourth-order valence-corrected chi connectivity index (χ4v) is 2.87. The van der Waals surface area contributed by atoms with E-state index in [9.17, 15) is 4.79 Å². The molecule has 1 aromatic rings. The second-order valence-corrected chi connectivity index (χ2v) is 6.00. The van der Waals surface area contributed by atoms with Gasteiger partial charge in [0.15, 0.2) is 0 Å². The molecule has 0 aromatic heterocycles. The first kappa shape index (κ1) is 17.8. The van der Waals surface area contributed by atoms with Crippen molar-refractivity contribution in [2.75, 3.05) is 39.3 Å². The van der Waals surface area contributed by atoms with Crippen LogP contribution in [0.3, 0.4) is 0 Å². The minimum Gasteiger partial charge on any atom is -0.491 e. The highest BCUT2D eigenvalue weighted by Gasteiger charge is 2.23.